The van der Waals surface area contributed by atoms with Crippen LogP contribution < -0.4 is 10.1 Å². The second-order valence-electron chi connectivity index (χ2n) is 6.36. The van der Waals surface area contributed by atoms with Gasteiger partial charge in [-0.05, 0) is 19.1 Å². The minimum atomic E-state index is -0.323. The molecular weight excluding hydrogens is 379 g/mol. The van der Waals surface area contributed by atoms with E-state index in [-0.39, 0.29) is 11.6 Å². The van der Waals surface area contributed by atoms with Crippen molar-refractivity contribution in [3.05, 3.63) is 53.6 Å². The Morgan fingerprint density at radius 3 is 2.82 bits per heavy atom. The third-order valence-electron chi connectivity index (χ3n) is 4.52. The molecule has 144 valence electrons. The molecule has 2 N–H and O–H groups in total. The summed E-state index contributed by atoms with van der Waals surface area (Å²) in [6.45, 7) is 3.24. The Morgan fingerprint density at radius 1 is 1.21 bits per heavy atom. The van der Waals surface area contributed by atoms with Crippen LogP contribution in [0.2, 0.25) is 0 Å². The Morgan fingerprint density at radius 2 is 2.07 bits per heavy atom. The van der Waals surface area contributed by atoms with Crippen LogP contribution in [0.4, 0.5) is 10.2 Å². The van der Waals surface area contributed by atoms with E-state index in [0.29, 0.717) is 24.7 Å². The van der Waals surface area contributed by atoms with Gasteiger partial charge >= 0.3 is 0 Å². The maximum absolute atomic E-state index is 13.9. The Hall–Kier alpha value is -3.13. The molecule has 0 amide bonds. The summed E-state index contributed by atoms with van der Waals surface area (Å²) in [6, 6.07) is 8.44. The van der Waals surface area contributed by atoms with Gasteiger partial charge in [0, 0.05) is 47.7 Å². The molecule has 1 aromatic carbocycles. The largest absolute Gasteiger partial charge is 0.507 e. The minimum Gasteiger partial charge on any atom is -0.507 e. The van der Waals surface area contributed by atoms with Crippen LogP contribution in [0.1, 0.15) is 5.69 Å². The van der Waals surface area contributed by atoms with Crippen molar-refractivity contribution in [2.45, 2.75) is 13.5 Å². The van der Waals surface area contributed by atoms with Gasteiger partial charge in [-0.25, -0.2) is 14.4 Å². The molecule has 3 heterocycles. The first kappa shape index (κ1) is 18.2. The highest BCUT2D eigenvalue weighted by Gasteiger charge is 2.12. The van der Waals surface area contributed by atoms with Crippen molar-refractivity contribution >= 4 is 28.1 Å². The van der Waals surface area contributed by atoms with Crippen LogP contribution in [0, 0.1) is 12.7 Å². The SMILES string of the molecule is COc1cc(F)cc2c1cc(C)n2CCNc1cc(-c2cc(O)cs2)ncn1. The van der Waals surface area contributed by atoms with Gasteiger partial charge in [0.15, 0.2) is 0 Å². The van der Waals surface area contributed by atoms with E-state index in [1.807, 2.05) is 23.6 Å². The lowest BCUT2D eigenvalue weighted by Crippen LogP contribution is -2.12. The average molecular weight is 398 g/mol. The molecule has 0 atom stereocenters. The Bertz CT molecular complexity index is 1140. The molecule has 0 radical (unpaired) electrons. The normalized spacial score (nSPS) is 11.1. The molecule has 0 aliphatic heterocycles. The number of aryl methyl sites for hydroxylation is 1. The fourth-order valence-electron chi connectivity index (χ4n) is 3.24. The maximum Gasteiger partial charge on any atom is 0.131 e. The van der Waals surface area contributed by atoms with Gasteiger partial charge in [-0.3, -0.25) is 0 Å². The van der Waals surface area contributed by atoms with Crippen molar-refractivity contribution < 1.29 is 14.2 Å². The van der Waals surface area contributed by atoms with Crippen LogP contribution in [-0.4, -0.2) is 33.3 Å². The van der Waals surface area contributed by atoms with Crippen molar-refractivity contribution in [1.82, 2.24) is 14.5 Å². The monoisotopic (exact) mass is 398 g/mol. The molecule has 0 aliphatic rings. The van der Waals surface area contributed by atoms with E-state index in [2.05, 4.69) is 15.3 Å². The van der Waals surface area contributed by atoms with Crippen LogP contribution in [0.25, 0.3) is 21.5 Å². The van der Waals surface area contributed by atoms with Crippen LogP contribution in [0.15, 0.2) is 42.0 Å². The van der Waals surface area contributed by atoms with Gasteiger partial charge in [0.1, 0.15) is 29.5 Å². The van der Waals surface area contributed by atoms with Crippen molar-refractivity contribution in [3.8, 4) is 22.1 Å². The molecule has 28 heavy (non-hydrogen) atoms. The summed E-state index contributed by atoms with van der Waals surface area (Å²) in [5, 5.41) is 15.3. The molecule has 0 aliphatic carbocycles. The summed E-state index contributed by atoms with van der Waals surface area (Å²) in [6.07, 6.45) is 1.49. The molecule has 0 fully saturated rings. The van der Waals surface area contributed by atoms with Gasteiger partial charge in [0.25, 0.3) is 0 Å². The summed E-state index contributed by atoms with van der Waals surface area (Å²) in [5.41, 5.74) is 2.57. The van der Waals surface area contributed by atoms with E-state index in [1.165, 1.54) is 29.8 Å². The molecule has 6 nitrogen and oxygen atoms in total. The van der Waals surface area contributed by atoms with Crippen molar-refractivity contribution in [3.63, 3.8) is 0 Å². The predicted octanol–water partition coefficient (Wildman–Crippen LogP) is 4.43. The number of methoxy groups -OCH3 is 1. The Balaban J connectivity index is 1.52. The van der Waals surface area contributed by atoms with Gasteiger partial charge in [-0.15, -0.1) is 11.3 Å². The molecule has 0 unspecified atom stereocenters. The van der Waals surface area contributed by atoms with E-state index in [4.69, 9.17) is 4.74 Å². The van der Waals surface area contributed by atoms with Gasteiger partial charge < -0.3 is 19.7 Å². The molecule has 0 saturated heterocycles. The summed E-state index contributed by atoms with van der Waals surface area (Å²) in [5.74, 6) is 1.13. The van der Waals surface area contributed by atoms with Crippen LogP contribution >= 0.6 is 11.3 Å². The second-order valence-corrected chi connectivity index (χ2v) is 7.27. The van der Waals surface area contributed by atoms with Crippen LogP contribution in [0.3, 0.4) is 0 Å². The Labute approximate surface area is 165 Å². The van der Waals surface area contributed by atoms with Crippen LogP contribution in [0.5, 0.6) is 11.5 Å². The summed E-state index contributed by atoms with van der Waals surface area (Å²) < 4.78 is 21.3. The highest BCUT2D eigenvalue weighted by atomic mass is 32.1. The zero-order valence-corrected chi connectivity index (χ0v) is 16.3. The van der Waals surface area contributed by atoms with Gasteiger partial charge in [0.05, 0.1) is 23.2 Å². The second kappa shape index (κ2) is 7.47. The topological polar surface area (TPSA) is 72.2 Å². The average Bonchev–Trinajstić information content (AvgIpc) is 3.25. The number of nitrogens with zero attached hydrogens (tertiary/aromatic N) is 3. The lowest BCUT2D eigenvalue weighted by Gasteiger charge is -2.11. The number of hydrogen-bond acceptors (Lipinski definition) is 6. The fourth-order valence-corrected chi connectivity index (χ4v) is 3.97. The van der Waals surface area contributed by atoms with Crippen molar-refractivity contribution in [2.75, 3.05) is 19.0 Å². The lowest BCUT2D eigenvalue weighted by molar-refractivity contribution is 0.416. The van der Waals surface area contributed by atoms with E-state index >= 15 is 0 Å². The zero-order valence-electron chi connectivity index (χ0n) is 15.4. The number of fused-ring (bicyclic) bond motifs is 1. The smallest absolute Gasteiger partial charge is 0.131 e. The maximum atomic E-state index is 13.9. The van der Waals surface area contributed by atoms with Gasteiger partial charge in [-0.2, -0.15) is 0 Å². The molecule has 8 heteroatoms. The number of benzene rings is 1. The molecule has 3 aromatic heterocycles. The predicted molar refractivity (Wildman–Crippen MR) is 109 cm³/mol. The first-order valence-electron chi connectivity index (χ1n) is 8.72. The number of aromatic nitrogens is 3. The van der Waals surface area contributed by atoms with E-state index < -0.39 is 0 Å². The minimum absolute atomic E-state index is 0.228. The number of halogens is 1. The first-order chi connectivity index (χ1) is 13.5. The highest BCUT2D eigenvalue weighted by molar-refractivity contribution is 7.13. The standard InChI is InChI=1S/C20H19FN4O2S/c1-12-5-15-17(6-13(21)7-18(15)27-2)25(12)4-3-22-20-9-16(23-11-24-20)19-8-14(26)10-28-19/h5-11,26H,3-4H2,1-2H3,(H,22,23,24). The molecule has 4 aromatic rings. The molecule has 4 rings (SSSR count). The number of thiophene rings is 1. The number of anilines is 1. The van der Waals surface area contributed by atoms with E-state index in [0.717, 1.165) is 27.2 Å². The third kappa shape index (κ3) is 3.50. The molecular formula is C20H19FN4O2S. The quantitative estimate of drug-likeness (QED) is 0.503. The number of nitrogens with one attached hydrogen (secondary N) is 1. The molecule has 0 bridgehead atoms. The van der Waals surface area contributed by atoms with Crippen molar-refractivity contribution in [1.29, 1.82) is 0 Å². The lowest BCUT2D eigenvalue weighted by atomic mass is 10.2. The number of rotatable bonds is 6. The summed E-state index contributed by atoms with van der Waals surface area (Å²) >= 11 is 1.42. The molecule has 0 spiro atoms. The van der Waals surface area contributed by atoms with Crippen LogP contribution in [-0.2, 0) is 6.54 Å². The van der Waals surface area contributed by atoms with Crippen molar-refractivity contribution in [2.24, 2.45) is 0 Å². The highest BCUT2D eigenvalue weighted by Crippen LogP contribution is 2.31. The zero-order chi connectivity index (χ0) is 19.7. The van der Waals surface area contributed by atoms with Gasteiger partial charge in [-0.1, -0.05) is 0 Å². The fraction of sp³-hybridized carbons (Fsp3) is 0.200. The van der Waals surface area contributed by atoms with E-state index in [1.54, 1.807) is 18.6 Å². The number of hydrogen-bond donors (Lipinski definition) is 2. The Kier molecular flexibility index (Phi) is 4.87. The summed E-state index contributed by atoms with van der Waals surface area (Å²) in [4.78, 5) is 9.37. The van der Waals surface area contributed by atoms with Gasteiger partial charge in [0.2, 0.25) is 0 Å². The summed E-state index contributed by atoms with van der Waals surface area (Å²) in [7, 11) is 1.54. The van der Waals surface area contributed by atoms with E-state index in [9.17, 15) is 9.50 Å². The first-order valence-corrected chi connectivity index (χ1v) is 9.60. The third-order valence-corrected chi connectivity index (χ3v) is 5.46. The number of aromatic hydroxyl groups is 1. The molecule has 0 saturated carbocycles. The number of ether oxygens (including phenoxy) is 1.